The van der Waals surface area contributed by atoms with Crippen LogP contribution in [0.1, 0.15) is 399 Å². The summed E-state index contributed by atoms with van der Waals surface area (Å²) in [6, 6.07) is -0.628. The Labute approximate surface area is 500 Å². The molecule has 0 rings (SSSR count). The molecule has 6 heteroatoms. The van der Waals surface area contributed by atoms with Crippen molar-refractivity contribution in [2.75, 3.05) is 13.2 Å². The first kappa shape index (κ1) is 78.1. The van der Waals surface area contributed by atoms with Gasteiger partial charge in [0.2, 0.25) is 5.91 Å². The highest BCUT2D eigenvalue weighted by atomic mass is 16.5. The molecule has 0 aromatic carbocycles. The highest BCUT2D eigenvalue weighted by Gasteiger charge is 2.18. The molecule has 0 heterocycles. The number of aliphatic hydroxyl groups is 2. The van der Waals surface area contributed by atoms with Gasteiger partial charge >= 0.3 is 5.97 Å². The van der Waals surface area contributed by atoms with Crippen LogP contribution in [0.15, 0.2) is 36.5 Å². The minimum absolute atomic E-state index is 0.0131. The van der Waals surface area contributed by atoms with E-state index in [4.69, 9.17) is 4.74 Å². The van der Waals surface area contributed by atoms with E-state index in [-0.39, 0.29) is 18.5 Å². The van der Waals surface area contributed by atoms with E-state index in [1.807, 2.05) is 6.08 Å². The molecule has 0 aliphatic heterocycles. The minimum Gasteiger partial charge on any atom is -0.466 e. The molecule has 0 aromatic heterocycles. The summed E-state index contributed by atoms with van der Waals surface area (Å²) < 4.78 is 5.51. The van der Waals surface area contributed by atoms with Crippen LogP contribution >= 0.6 is 0 Å². The zero-order chi connectivity index (χ0) is 57.8. The number of amides is 1. The van der Waals surface area contributed by atoms with E-state index in [0.717, 1.165) is 44.9 Å². The van der Waals surface area contributed by atoms with E-state index in [9.17, 15) is 19.8 Å². The van der Waals surface area contributed by atoms with Crippen LogP contribution in [0.25, 0.3) is 0 Å². The van der Waals surface area contributed by atoms with E-state index < -0.39 is 12.1 Å². The van der Waals surface area contributed by atoms with Crippen LogP contribution in [0.4, 0.5) is 0 Å². The van der Waals surface area contributed by atoms with Crippen LogP contribution in [0.5, 0.6) is 0 Å². The summed E-state index contributed by atoms with van der Waals surface area (Å²) in [7, 11) is 0. The number of hydrogen-bond donors (Lipinski definition) is 3. The van der Waals surface area contributed by atoms with E-state index >= 15 is 0 Å². The molecule has 0 aliphatic rings. The predicted molar refractivity (Wildman–Crippen MR) is 352 cm³/mol. The van der Waals surface area contributed by atoms with Crippen molar-refractivity contribution in [3.8, 4) is 0 Å². The number of unbranched alkanes of at least 4 members (excludes halogenated alkanes) is 53. The Morgan fingerprint density at radius 2 is 0.588 bits per heavy atom. The summed E-state index contributed by atoms with van der Waals surface area (Å²) in [5.74, 6) is -0.0521. The van der Waals surface area contributed by atoms with Gasteiger partial charge in [0, 0.05) is 12.8 Å². The molecule has 1 amide bonds. The summed E-state index contributed by atoms with van der Waals surface area (Å²) in [5.41, 5.74) is 0. The maximum atomic E-state index is 12.5. The maximum Gasteiger partial charge on any atom is 0.305 e. The van der Waals surface area contributed by atoms with Gasteiger partial charge in [0.25, 0.3) is 0 Å². The summed E-state index contributed by atoms with van der Waals surface area (Å²) in [6.45, 7) is 4.93. The zero-order valence-corrected chi connectivity index (χ0v) is 54.1. The van der Waals surface area contributed by atoms with Crippen molar-refractivity contribution in [3.63, 3.8) is 0 Å². The molecular formula is C74H141NO5. The molecule has 472 valence electrons. The van der Waals surface area contributed by atoms with Gasteiger partial charge in [-0.3, -0.25) is 9.59 Å². The van der Waals surface area contributed by atoms with Crippen LogP contribution in [0.2, 0.25) is 0 Å². The molecule has 2 atom stereocenters. The van der Waals surface area contributed by atoms with Crippen molar-refractivity contribution < 1.29 is 24.5 Å². The first-order chi connectivity index (χ1) is 39.5. The fourth-order valence-electron chi connectivity index (χ4n) is 11.3. The van der Waals surface area contributed by atoms with Gasteiger partial charge in [-0.25, -0.2) is 0 Å². The van der Waals surface area contributed by atoms with Crippen molar-refractivity contribution >= 4 is 11.9 Å². The molecule has 80 heavy (non-hydrogen) atoms. The standard InChI is InChI=1S/C74H141NO5/c1-3-5-7-9-11-13-15-17-19-21-36-40-44-48-52-56-60-64-68-74(79)80-69-65-61-57-53-49-45-41-37-33-31-29-27-25-23-22-24-26-28-30-32-35-39-43-47-51-55-59-63-67-73(78)75-71(70-76)72(77)66-62-58-54-50-46-42-38-34-20-18-16-14-12-10-8-6-4-2/h19,21-23,62,66,71-72,76-77H,3-18,20,24-61,63-65,67-70H2,1-2H3,(H,75,78)/b21-19-,23-22-,66-62+. The quantitative estimate of drug-likeness (QED) is 0.0320. The highest BCUT2D eigenvalue weighted by Crippen LogP contribution is 2.18. The van der Waals surface area contributed by atoms with E-state index in [1.54, 1.807) is 6.08 Å². The lowest BCUT2D eigenvalue weighted by atomic mass is 10.0. The Morgan fingerprint density at radius 3 is 0.887 bits per heavy atom. The molecular weight excluding hydrogens is 983 g/mol. The van der Waals surface area contributed by atoms with Gasteiger partial charge in [0.1, 0.15) is 0 Å². The minimum atomic E-state index is -0.845. The molecule has 2 unspecified atom stereocenters. The highest BCUT2D eigenvalue weighted by molar-refractivity contribution is 5.76. The number of aliphatic hydroxyl groups excluding tert-OH is 2. The first-order valence-corrected chi connectivity index (χ1v) is 36.3. The third kappa shape index (κ3) is 65.2. The molecule has 0 aromatic rings. The molecule has 0 spiro atoms. The molecule has 0 saturated carbocycles. The predicted octanol–water partition coefficient (Wildman–Crippen LogP) is 23.5. The van der Waals surface area contributed by atoms with Gasteiger partial charge in [-0.2, -0.15) is 0 Å². The van der Waals surface area contributed by atoms with E-state index in [2.05, 4.69) is 43.5 Å². The molecule has 0 aliphatic carbocycles. The first-order valence-electron chi connectivity index (χ1n) is 36.3. The number of nitrogens with one attached hydrogen (secondary N) is 1. The summed E-state index contributed by atoms with van der Waals surface area (Å²) in [6.07, 6.45) is 89.4. The Balaban J connectivity index is 3.39. The van der Waals surface area contributed by atoms with Crippen LogP contribution in [-0.4, -0.2) is 47.4 Å². The number of carbonyl (C=O) groups excluding carboxylic acids is 2. The largest absolute Gasteiger partial charge is 0.466 e. The Bertz CT molecular complexity index is 1300. The average molecular weight is 1120 g/mol. The van der Waals surface area contributed by atoms with Gasteiger partial charge in [0.05, 0.1) is 25.4 Å². The van der Waals surface area contributed by atoms with Crippen molar-refractivity contribution in [2.45, 2.75) is 411 Å². The molecule has 6 nitrogen and oxygen atoms in total. The fraction of sp³-hybridized carbons (Fsp3) is 0.892. The molecule has 0 fully saturated rings. The third-order valence-electron chi connectivity index (χ3n) is 16.9. The maximum absolute atomic E-state index is 12.5. The van der Waals surface area contributed by atoms with Crippen LogP contribution in [0.3, 0.4) is 0 Å². The monoisotopic (exact) mass is 1120 g/mol. The third-order valence-corrected chi connectivity index (χ3v) is 16.9. The Kier molecular flexibility index (Phi) is 67.9. The van der Waals surface area contributed by atoms with Crippen molar-refractivity contribution in [2.24, 2.45) is 0 Å². The Morgan fingerprint density at radius 1 is 0.338 bits per heavy atom. The number of carbonyl (C=O) groups is 2. The number of esters is 1. The lowest BCUT2D eigenvalue weighted by Gasteiger charge is -2.20. The van der Waals surface area contributed by atoms with Crippen LogP contribution in [0, 0.1) is 0 Å². The van der Waals surface area contributed by atoms with Gasteiger partial charge in [-0.15, -0.1) is 0 Å². The van der Waals surface area contributed by atoms with Crippen LogP contribution in [-0.2, 0) is 14.3 Å². The molecule has 0 bridgehead atoms. The number of ether oxygens (including phenoxy) is 1. The normalized spacial score (nSPS) is 12.7. The molecule has 3 N–H and O–H groups in total. The second kappa shape index (κ2) is 69.6. The van der Waals surface area contributed by atoms with Crippen molar-refractivity contribution in [1.29, 1.82) is 0 Å². The lowest BCUT2D eigenvalue weighted by molar-refractivity contribution is -0.143. The summed E-state index contributed by atoms with van der Waals surface area (Å²) in [4.78, 5) is 24.6. The SMILES string of the molecule is CCCCCCCCC/C=C\CCCCCCCCCC(=O)OCCCCCCCCCCCCCC/C=C\CCCCCCCCCCCCCCC(=O)NC(CO)C(O)/C=C/CCCCCCCCCCCCCCCCC. The Hall–Kier alpha value is -1.92. The second-order valence-electron chi connectivity index (χ2n) is 24.9. The van der Waals surface area contributed by atoms with Gasteiger partial charge in [0.15, 0.2) is 0 Å². The molecule has 0 saturated heterocycles. The van der Waals surface area contributed by atoms with Crippen molar-refractivity contribution in [3.05, 3.63) is 36.5 Å². The fourth-order valence-corrected chi connectivity index (χ4v) is 11.3. The number of rotatable bonds is 68. The number of hydrogen-bond acceptors (Lipinski definition) is 5. The average Bonchev–Trinajstić information content (AvgIpc) is 3.46. The second-order valence-corrected chi connectivity index (χ2v) is 24.9. The van der Waals surface area contributed by atoms with E-state index in [0.29, 0.717) is 19.4 Å². The van der Waals surface area contributed by atoms with Gasteiger partial charge in [-0.1, -0.05) is 339 Å². The van der Waals surface area contributed by atoms with Crippen LogP contribution < -0.4 is 5.32 Å². The van der Waals surface area contributed by atoms with Crippen molar-refractivity contribution in [1.82, 2.24) is 5.32 Å². The van der Waals surface area contributed by atoms with E-state index in [1.165, 1.54) is 327 Å². The summed E-state index contributed by atoms with van der Waals surface area (Å²) in [5, 5.41) is 23.2. The smallest absolute Gasteiger partial charge is 0.305 e. The van der Waals surface area contributed by atoms with Gasteiger partial charge in [-0.05, 0) is 83.5 Å². The number of allylic oxidation sites excluding steroid dienone is 5. The molecule has 0 radical (unpaired) electrons. The van der Waals surface area contributed by atoms with Gasteiger partial charge < -0.3 is 20.3 Å². The zero-order valence-electron chi connectivity index (χ0n) is 54.1. The topological polar surface area (TPSA) is 95.9 Å². The lowest BCUT2D eigenvalue weighted by Crippen LogP contribution is -2.45. The summed E-state index contributed by atoms with van der Waals surface area (Å²) >= 11 is 0.